The van der Waals surface area contributed by atoms with Crippen LogP contribution >= 0.6 is 0 Å². The molecule has 1 atom stereocenters. The molecule has 2 aromatic rings. The highest BCUT2D eigenvalue weighted by Gasteiger charge is 2.26. The van der Waals surface area contributed by atoms with Crippen molar-refractivity contribution >= 4 is 20.7 Å². The number of fused-ring (bicyclic) bond motifs is 1. The molecule has 0 saturated carbocycles. The smallest absolute Gasteiger partial charge is 0.172 e. The maximum Gasteiger partial charge on any atom is 0.172 e. The molecule has 1 unspecified atom stereocenters. The predicted octanol–water partition coefficient (Wildman–Crippen LogP) is 2.50. The lowest BCUT2D eigenvalue weighted by Crippen LogP contribution is -2.36. The molecule has 0 spiro atoms. The third-order valence-electron chi connectivity index (χ3n) is 3.28. The van der Waals surface area contributed by atoms with Gasteiger partial charge in [0, 0.05) is 11.6 Å². The zero-order valence-electron chi connectivity index (χ0n) is 12.2. The van der Waals surface area contributed by atoms with Crippen LogP contribution in [0.4, 0.5) is 0 Å². The van der Waals surface area contributed by atoms with Gasteiger partial charge >= 0.3 is 0 Å². The average molecular weight is 308 g/mol. The van der Waals surface area contributed by atoms with E-state index in [2.05, 4.69) is 4.98 Å². The summed E-state index contributed by atoms with van der Waals surface area (Å²) in [6.45, 7) is 3.83. The van der Waals surface area contributed by atoms with E-state index in [1.165, 1.54) is 0 Å². The van der Waals surface area contributed by atoms with E-state index in [0.29, 0.717) is 12.0 Å². The van der Waals surface area contributed by atoms with Crippen LogP contribution in [0.1, 0.15) is 25.8 Å². The fourth-order valence-corrected chi connectivity index (χ4v) is 3.90. The summed E-state index contributed by atoms with van der Waals surface area (Å²) in [6, 6.07) is 9.38. The Balaban J connectivity index is 2.25. The van der Waals surface area contributed by atoms with Crippen molar-refractivity contribution in [3.8, 4) is 0 Å². The van der Waals surface area contributed by atoms with Crippen molar-refractivity contribution in [2.75, 3.05) is 0 Å². The van der Waals surface area contributed by atoms with Gasteiger partial charge in [0.25, 0.3) is 0 Å². The second-order valence-electron chi connectivity index (χ2n) is 5.59. The summed E-state index contributed by atoms with van der Waals surface area (Å²) in [5, 5.41) is 9.07. The Labute approximate surface area is 124 Å². The number of pyridine rings is 1. The van der Waals surface area contributed by atoms with Gasteiger partial charge in [-0.25, -0.2) is 8.42 Å². The molecule has 0 aliphatic heterocycles. The SMILES string of the molecule is CC(C)CC(NO)S(=O)(=O)Cc1cnc2ccccc2c1. The minimum Gasteiger partial charge on any atom is -0.316 e. The van der Waals surface area contributed by atoms with E-state index in [4.69, 9.17) is 5.21 Å². The molecule has 0 bridgehead atoms. The third-order valence-corrected chi connectivity index (χ3v) is 5.18. The highest BCUT2D eigenvalue weighted by atomic mass is 32.2. The topological polar surface area (TPSA) is 79.3 Å². The molecule has 114 valence electrons. The molecular weight excluding hydrogens is 288 g/mol. The Kier molecular flexibility index (Phi) is 4.92. The van der Waals surface area contributed by atoms with Gasteiger partial charge in [-0.3, -0.25) is 4.98 Å². The van der Waals surface area contributed by atoms with Gasteiger partial charge in [0.15, 0.2) is 9.84 Å². The standard InChI is InChI=1S/C15H20N2O3S/c1-11(2)7-15(17-18)21(19,20)10-12-8-13-5-3-4-6-14(13)16-9-12/h3-6,8-9,11,15,17-18H,7,10H2,1-2H3. The summed E-state index contributed by atoms with van der Waals surface area (Å²) in [6.07, 6.45) is 1.93. The summed E-state index contributed by atoms with van der Waals surface area (Å²) in [4.78, 5) is 4.26. The van der Waals surface area contributed by atoms with Crippen molar-refractivity contribution in [3.63, 3.8) is 0 Å². The van der Waals surface area contributed by atoms with Crippen LogP contribution in [0.2, 0.25) is 0 Å². The zero-order chi connectivity index (χ0) is 15.5. The van der Waals surface area contributed by atoms with Gasteiger partial charge in [-0.15, -0.1) is 0 Å². The number of para-hydroxylation sites is 1. The van der Waals surface area contributed by atoms with Gasteiger partial charge < -0.3 is 5.21 Å². The third kappa shape index (κ3) is 4.00. The van der Waals surface area contributed by atoms with E-state index in [0.717, 1.165) is 10.9 Å². The van der Waals surface area contributed by atoms with E-state index >= 15 is 0 Å². The number of benzene rings is 1. The van der Waals surface area contributed by atoms with Crippen LogP contribution in [-0.2, 0) is 15.6 Å². The number of nitrogens with zero attached hydrogens (tertiary/aromatic N) is 1. The highest BCUT2D eigenvalue weighted by molar-refractivity contribution is 7.91. The van der Waals surface area contributed by atoms with Crippen LogP contribution in [0.5, 0.6) is 0 Å². The van der Waals surface area contributed by atoms with Gasteiger partial charge in [-0.2, -0.15) is 5.48 Å². The number of aromatic nitrogens is 1. The van der Waals surface area contributed by atoms with E-state index in [9.17, 15) is 8.42 Å². The Morgan fingerprint density at radius 1 is 1.29 bits per heavy atom. The van der Waals surface area contributed by atoms with Crippen molar-refractivity contribution < 1.29 is 13.6 Å². The van der Waals surface area contributed by atoms with Crippen molar-refractivity contribution in [1.29, 1.82) is 0 Å². The summed E-state index contributed by atoms with van der Waals surface area (Å²) >= 11 is 0. The number of rotatable bonds is 6. The number of hydrogen-bond donors (Lipinski definition) is 2. The number of hydroxylamine groups is 1. The maximum atomic E-state index is 12.4. The summed E-state index contributed by atoms with van der Waals surface area (Å²) in [7, 11) is -3.49. The van der Waals surface area contributed by atoms with Gasteiger partial charge in [0.2, 0.25) is 0 Å². The van der Waals surface area contributed by atoms with Crippen LogP contribution in [-0.4, -0.2) is 24.0 Å². The first-order chi connectivity index (χ1) is 9.92. The van der Waals surface area contributed by atoms with E-state index in [1.807, 2.05) is 49.7 Å². The first-order valence-corrected chi connectivity index (χ1v) is 8.59. The summed E-state index contributed by atoms with van der Waals surface area (Å²) in [5.41, 5.74) is 3.38. The lowest BCUT2D eigenvalue weighted by Gasteiger charge is -2.17. The zero-order valence-corrected chi connectivity index (χ0v) is 13.0. The van der Waals surface area contributed by atoms with Crippen molar-refractivity contribution in [2.24, 2.45) is 5.92 Å². The molecule has 2 N–H and O–H groups in total. The van der Waals surface area contributed by atoms with Gasteiger partial charge in [-0.1, -0.05) is 32.0 Å². The fourth-order valence-electron chi connectivity index (χ4n) is 2.24. The van der Waals surface area contributed by atoms with Crippen LogP contribution in [0.25, 0.3) is 10.9 Å². The molecule has 21 heavy (non-hydrogen) atoms. The predicted molar refractivity (Wildman–Crippen MR) is 82.5 cm³/mol. The van der Waals surface area contributed by atoms with Gasteiger partial charge in [-0.05, 0) is 30.0 Å². The molecule has 2 rings (SSSR count). The molecule has 0 aliphatic carbocycles. The van der Waals surface area contributed by atoms with Crippen LogP contribution in [0.15, 0.2) is 36.5 Å². The second-order valence-corrected chi connectivity index (χ2v) is 7.77. The molecule has 0 amide bonds. The molecule has 0 fully saturated rings. The normalized spacial score (nSPS) is 13.7. The largest absolute Gasteiger partial charge is 0.316 e. The van der Waals surface area contributed by atoms with Crippen molar-refractivity contribution in [3.05, 3.63) is 42.1 Å². The van der Waals surface area contributed by atoms with Gasteiger partial charge in [0.1, 0.15) is 5.37 Å². The quantitative estimate of drug-likeness (QED) is 0.802. The van der Waals surface area contributed by atoms with E-state index < -0.39 is 15.2 Å². The first-order valence-electron chi connectivity index (χ1n) is 6.87. The van der Waals surface area contributed by atoms with Crippen LogP contribution in [0.3, 0.4) is 0 Å². The Hall–Kier alpha value is -1.50. The maximum absolute atomic E-state index is 12.4. The number of hydrogen-bond acceptors (Lipinski definition) is 5. The number of sulfone groups is 1. The molecule has 0 saturated heterocycles. The molecule has 5 nitrogen and oxygen atoms in total. The minimum atomic E-state index is -3.49. The number of nitrogens with one attached hydrogen (secondary N) is 1. The van der Waals surface area contributed by atoms with Crippen molar-refractivity contribution in [1.82, 2.24) is 10.5 Å². The lowest BCUT2D eigenvalue weighted by atomic mass is 10.1. The molecule has 0 radical (unpaired) electrons. The Bertz CT molecular complexity index is 714. The van der Waals surface area contributed by atoms with E-state index in [1.54, 1.807) is 6.20 Å². The fraction of sp³-hybridized carbons (Fsp3) is 0.400. The first kappa shape index (κ1) is 15.9. The molecule has 0 aliphatic rings. The van der Waals surface area contributed by atoms with Crippen molar-refractivity contribution in [2.45, 2.75) is 31.4 Å². The van der Waals surface area contributed by atoms with Crippen LogP contribution in [0, 0.1) is 5.92 Å². The molecule has 6 heteroatoms. The second kappa shape index (κ2) is 6.51. The average Bonchev–Trinajstić information content (AvgIpc) is 2.43. The minimum absolute atomic E-state index is 0.143. The lowest BCUT2D eigenvalue weighted by molar-refractivity contribution is 0.145. The highest BCUT2D eigenvalue weighted by Crippen LogP contribution is 2.18. The monoisotopic (exact) mass is 308 g/mol. The molecule has 1 aromatic carbocycles. The van der Waals surface area contributed by atoms with Gasteiger partial charge in [0.05, 0.1) is 11.3 Å². The Morgan fingerprint density at radius 3 is 2.67 bits per heavy atom. The Morgan fingerprint density at radius 2 is 2.00 bits per heavy atom. The molecule has 1 aromatic heterocycles. The summed E-state index contributed by atoms with van der Waals surface area (Å²) < 4.78 is 24.7. The van der Waals surface area contributed by atoms with Crippen LogP contribution < -0.4 is 5.48 Å². The van der Waals surface area contributed by atoms with E-state index in [-0.39, 0.29) is 11.7 Å². The summed E-state index contributed by atoms with van der Waals surface area (Å²) in [5.74, 6) is 0.0228. The molecular formula is C15H20N2O3S. The molecule has 1 heterocycles.